The number of rotatable bonds is 5. The molecule has 0 saturated carbocycles. The minimum absolute atomic E-state index is 0.132. The van der Waals surface area contributed by atoms with Crippen LogP contribution in [-0.4, -0.2) is 19.0 Å². The molecule has 2 rings (SSSR count). The van der Waals surface area contributed by atoms with Crippen molar-refractivity contribution >= 4 is 16.5 Å². The Morgan fingerprint density at radius 2 is 2.20 bits per heavy atom. The van der Waals surface area contributed by atoms with Gasteiger partial charge in [-0.25, -0.2) is 14.1 Å². The molecule has 5 nitrogen and oxygen atoms in total. The molecule has 1 aromatic heterocycles. The van der Waals surface area contributed by atoms with Gasteiger partial charge < -0.3 is 5.73 Å². The highest BCUT2D eigenvalue weighted by molar-refractivity contribution is 7.84. The second-order valence-electron chi connectivity index (χ2n) is 4.93. The van der Waals surface area contributed by atoms with E-state index in [4.69, 9.17) is 5.73 Å². The summed E-state index contributed by atoms with van der Waals surface area (Å²) in [5.41, 5.74) is 5.79. The average molecular weight is 296 g/mol. The summed E-state index contributed by atoms with van der Waals surface area (Å²) in [6, 6.07) is 4.16. The van der Waals surface area contributed by atoms with E-state index >= 15 is 0 Å². The summed E-state index contributed by atoms with van der Waals surface area (Å²) >= 11 is 0. The first-order chi connectivity index (χ1) is 9.47. The van der Waals surface area contributed by atoms with E-state index in [1.165, 1.54) is 24.5 Å². The summed E-state index contributed by atoms with van der Waals surface area (Å²) in [6.45, 7) is 4.81. The maximum absolute atomic E-state index is 13.7. The molecule has 0 fully saturated rings. The van der Waals surface area contributed by atoms with Gasteiger partial charge in [-0.05, 0) is 24.1 Å². The number of halogens is 1. The highest BCUT2D eigenvalue weighted by atomic mass is 32.2. The number of hydrogen-bond acceptors (Lipinski definition) is 4. The van der Waals surface area contributed by atoms with Crippen molar-refractivity contribution in [1.29, 1.82) is 0 Å². The molecule has 1 atom stereocenters. The van der Waals surface area contributed by atoms with Gasteiger partial charge in [-0.2, -0.15) is 5.10 Å². The predicted octanol–water partition coefficient (Wildman–Crippen LogP) is 1.96. The summed E-state index contributed by atoms with van der Waals surface area (Å²) < 4.78 is 27.7. The van der Waals surface area contributed by atoms with Gasteiger partial charge in [-0.3, -0.25) is 4.21 Å². The molecule has 0 bridgehead atoms. The van der Waals surface area contributed by atoms with E-state index in [-0.39, 0.29) is 10.6 Å². The molecule has 2 aromatic rings. The molecule has 1 aromatic carbocycles. The van der Waals surface area contributed by atoms with Gasteiger partial charge >= 0.3 is 0 Å². The third-order valence-corrected chi connectivity index (χ3v) is 4.04. The Hall–Kier alpha value is -1.76. The molecular weight excluding hydrogens is 279 g/mol. The van der Waals surface area contributed by atoms with Gasteiger partial charge in [0.2, 0.25) is 0 Å². The van der Waals surface area contributed by atoms with Crippen molar-refractivity contribution in [2.24, 2.45) is 5.92 Å². The van der Waals surface area contributed by atoms with Gasteiger partial charge in [0.25, 0.3) is 0 Å². The van der Waals surface area contributed by atoms with E-state index in [0.29, 0.717) is 24.0 Å². The molecule has 0 aliphatic heterocycles. The van der Waals surface area contributed by atoms with Crippen LogP contribution in [0.5, 0.6) is 0 Å². The summed E-state index contributed by atoms with van der Waals surface area (Å²) in [5, 5.41) is 4.10. The first-order valence-electron chi connectivity index (χ1n) is 6.27. The molecular formula is C13H17FN4OS. The zero-order chi connectivity index (χ0) is 14.7. The normalized spacial score (nSPS) is 12.8. The van der Waals surface area contributed by atoms with Gasteiger partial charge in [-0.15, -0.1) is 0 Å². The van der Waals surface area contributed by atoms with Crippen LogP contribution in [0.2, 0.25) is 0 Å². The van der Waals surface area contributed by atoms with Crippen LogP contribution in [0.25, 0.3) is 0 Å². The fourth-order valence-electron chi connectivity index (χ4n) is 1.79. The quantitative estimate of drug-likeness (QED) is 0.856. The molecule has 20 heavy (non-hydrogen) atoms. The van der Waals surface area contributed by atoms with Gasteiger partial charge in [-0.1, -0.05) is 13.8 Å². The number of nitrogen functional groups attached to an aromatic ring is 1. The van der Waals surface area contributed by atoms with Crippen molar-refractivity contribution in [3.63, 3.8) is 0 Å². The Morgan fingerprint density at radius 1 is 1.45 bits per heavy atom. The van der Waals surface area contributed by atoms with E-state index < -0.39 is 16.6 Å². The highest BCUT2D eigenvalue weighted by Gasteiger charge is 2.15. The Morgan fingerprint density at radius 3 is 2.85 bits per heavy atom. The Labute approximate surface area is 119 Å². The van der Waals surface area contributed by atoms with Gasteiger partial charge in [0.1, 0.15) is 18.0 Å². The Balaban J connectivity index is 2.17. The van der Waals surface area contributed by atoms with Gasteiger partial charge in [0.15, 0.2) is 0 Å². The van der Waals surface area contributed by atoms with Crippen LogP contribution in [0.15, 0.2) is 29.4 Å². The lowest BCUT2D eigenvalue weighted by Gasteiger charge is -2.09. The Kier molecular flexibility index (Phi) is 4.49. The lowest BCUT2D eigenvalue weighted by Crippen LogP contribution is -2.12. The van der Waals surface area contributed by atoms with Crippen LogP contribution in [0.4, 0.5) is 10.1 Å². The lowest BCUT2D eigenvalue weighted by atomic mass is 10.2. The minimum atomic E-state index is -1.51. The van der Waals surface area contributed by atoms with E-state index in [0.717, 1.165) is 0 Å². The maximum atomic E-state index is 13.7. The first-order valence-corrected chi connectivity index (χ1v) is 7.59. The van der Waals surface area contributed by atoms with Crippen LogP contribution in [0.3, 0.4) is 0 Å². The zero-order valence-electron chi connectivity index (χ0n) is 11.4. The molecule has 7 heteroatoms. The van der Waals surface area contributed by atoms with Crippen molar-refractivity contribution in [3.05, 3.63) is 36.2 Å². The summed E-state index contributed by atoms with van der Waals surface area (Å²) in [4.78, 5) is 4.23. The standard InChI is InChI=1S/C13H17FN4OS/c1-9(2)6-18-13(16-8-17-18)7-20(19)12-4-3-10(15)5-11(12)14/h3-5,8-9H,6-7,15H2,1-2H3. The van der Waals surface area contributed by atoms with E-state index in [9.17, 15) is 8.60 Å². The van der Waals surface area contributed by atoms with Crippen LogP contribution >= 0.6 is 0 Å². The third kappa shape index (κ3) is 3.41. The highest BCUT2D eigenvalue weighted by Crippen LogP contribution is 2.18. The SMILES string of the molecule is CC(C)Cn1ncnc1CS(=O)c1ccc(N)cc1F. The summed E-state index contributed by atoms with van der Waals surface area (Å²) in [6.07, 6.45) is 1.42. The largest absolute Gasteiger partial charge is 0.399 e. The molecule has 1 heterocycles. The topological polar surface area (TPSA) is 73.8 Å². The van der Waals surface area contributed by atoms with Crippen molar-refractivity contribution in [1.82, 2.24) is 14.8 Å². The number of hydrogen-bond donors (Lipinski definition) is 1. The molecule has 0 saturated heterocycles. The second kappa shape index (κ2) is 6.13. The fourth-order valence-corrected chi connectivity index (χ4v) is 2.90. The number of nitrogens with two attached hydrogens (primary N) is 1. The summed E-state index contributed by atoms with van der Waals surface area (Å²) in [5.74, 6) is 0.566. The number of aromatic nitrogens is 3. The summed E-state index contributed by atoms with van der Waals surface area (Å²) in [7, 11) is -1.51. The van der Waals surface area contributed by atoms with Crippen molar-refractivity contribution in [2.75, 3.05) is 5.73 Å². The van der Waals surface area contributed by atoms with Crippen LogP contribution in [0, 0.1) is 11.7 Å². The molecule has 0 radical (unpaired) electrons. The lowest BCUT2D eigenvalue weighted by molar-refractivity contribution is 0.471. The van der Waals surface area contributed by atoms with E-state index in [2.05, 4.69) is 23.9 Å². The molecule has 0 aliphatic carbocycles. The third-order valence-electron chi connectivity index (χ3n) is 2.70. The van der Waals surface area contributed by atoms with Gasteiger partial charge in [0, 0.05) is 12.2 Å². The smallest absolute Gasteiger partial charge is 0.141 e. The van der Waals surface area contributed by atoms with E-state index in [1.807, 2.05) is 0 Å². The van der Waals surface area contributed by atoms with Crippen LogP contribution < -0.4 is 5.73 Å². The van der Waals surface area contributed by atoms with Crippen molar-refractivity contribution in [3.8, 4) is 0 Å². The number of nitrogens with zero attached hydrogens (tertiary/aromatic N) is 3. The number of anilines is 1. The van der Waals surface area contributed by atoms with Crippen LogP contribution in [-0.2, 0) is 23.1 Å². The number of benzene rings is 1. The predicted molar refractivity (Wildman–Crippen MR) is 75.8 cm³/mol. The fraction of sp³-hybridized carbons (Fsp3) is 0.385. The minimum Gasteiger partial charge on any atom is -0.399 e. The molecule has 0 amide bonds. The van der Waals surface area contributed by atoms with Crippen molar-refractivity contribution in [2.45, 2.75) is 31.0 Å². The molecule has 0 spiro atoms. The molecule has 1 unspecified atom stereocenters. The monoisotopic (exact) mass is 296 g/mol. The van der Waals surface area contributed by atoms with Crippen molar-refractivity contribution < 1.29 is 8.60 Å². The molecule has 108 valence electrons. The maximum Gasteiger partial charge on any atom is 0.141 e. The van der Waals surface area contributed by atoms with E-state index in [1.54, 1.807) is 4.68 Å². The van der Waals surface area contributed by atoms with Crippen LogP contribution in [0.1, 0.15) is 19.7 Å². The van der Waals surface area contributed by atoms with Gasteiger partial charge in [0.05, 0.1) is 21.4 Å². The zero-order valence-corrected chi connectivity index (χ0v) is 12.2. The molecule has 0 aliphatic rings. The second-order valence-corrected chi connectivity index (χ2v) is 6.35. The Bertz CT molecular complexity index is 627. The molecule has 2 N–H and O–H groups in total. The average Bonchev–Trinajstić information content (AvgIpc) is 2.75. The first kappa shape index (κ1) is 14.6.